The predicted molar refractivity (Wildman–Crippen MR) is 106 cm³/mol. The van der Waals surface area contributed by atoms with Crippen molar-refractivity contribution in [3.05, 3.63) is 64.0 Å². The number of halogens is 1. The van der Waals surface area contributed by atoms with Crippen molar-refractivity contribution in [2.24, 2.45) is 0 Å². The molecule has 0 aromatic heterocycles. The van der Waals surface area contributed by atoms with Gasteiger partial charge in [-0.15, -0.1) is 0 Å². The third kappa shape index (κ3) is 4.78. The number of anilines is 2. The van der Waals surface area contributed by atoms with Crippen molar-refractivity contribution < 1.29 is 18.8 Å². The first-order valence-corrected chi connectivity index (χ1v) is 8.84. The molecule has 0 spiro atoms. The Balaban J connectivity index is 1.73. The fraction of sp³-hybridized carbons (Fsp3) is 0.222. The van der Waals surface area contributed by atoms with Crippen LogP contribution in [0.5, 0.6) is 0 Å². The highest BCUT2D eigenvalue weighted by atomic mass is 32.1. The molecule has 8 nitrogen and oxygen atoms in total. The Hall–Kier alpha value is -3.11. The molecule has 1 amide bonds. The summed E-state index contributed by atoms with van der Waals surface area (Å²) in [4.78, 5) is 25.2. The standard InChI is InChI=1S/C18H17FN4O4S/c19-13-2-1-3-14(11-13)20-18(28)21-17(24)12-4-5-15(16(10-12)23(25)26)22-6-8-27-9-7-22/h1-5,10-11H,6-9H2,(H2,20,21,24,28). The van der Waals surface area contributed by atoms with Crippen molar-refractivity contribution in [1.29, 1.82) is 0 Å². The number of thiocarbonyl (C=S) groups is 1. The van der Waals surface area contributed by atoms with Crippen LogP contribution in [0.1, 0.15) is 10.4 Å². The highest BCUT2D eigenvalue weighted by Gasteiger charge is 2.23. The van der Waals surface area contributed by atoms with Crippen LogP contribution in [0.3, 0.4) is 0 Å². The number of amides is 1. The monoisotopic (exact) mass is 404 g/mol. The number of hydrogen-bond donors (Lipinski definition) is 2. The minimum atomic E-state index is -0.606. The SMILES string of the molecule is O=C(NC(=S)Nc1cccc(F)c1)c1ccc(N2CCOCC2)c([N+](=O)[O-])c1. The van der Waals surface area contributed by atoms with E-state index in [-0.39, 0.29) is 16.4 Å². The van der Waals surface area contributed by atoms with Crippen LogP contribution >= 0.6 is 12.2 Å². The smallest absolute Gasteiger partial charge is 0.293 e. The highest BCUT2D eigenvalue weighted by molar-refractivity contribution is 7.80. The Morgan fingerprint density at radius 2 is 1.96 bits per heavy atom. The van der Waals surface area contributed by atoms with Gasteiger partial charge in [-0.3, -0.25) is 20.2 Å². The van der Waals surface area contributed by atoms with Gasteiger partial charge in [0, 0.05) is 30.4 Å². The molecule has 146 valence electrons. The van der Waals surface area contributed by atoms with Gasteiger partial charge in [-0.1, -0.05) is 6.07 Å². The van der Waals surface area contributed by atoms with E-state index < -0.39 is 16.6 Å². The van der Waals surface area contributed by atoms with Gasteiger partial charge in [0.2, 0.25) is 0 Å². The molecule has 2 aromatic carbocycles. The van der Waals surface area contributed by atoms with Crippen molar-refractivity contribution in [3.63, 3.8) is 0 Å². The van der Waals surface area contributed by atoms with Crippen molar-refractivity contribution in [1.82, 2.24) is 5.32 Å². The molecular formula is C18H17FN4O4S. The second-order valence-electron chi connectivity index (χ2n) is 5.98. The number of nitrogens with one attached hydrogen (secondary N) is 2. The number of morpholine rings is 1. The van der Waals surface area contributed by atoms with Crippen LogP contribution in [-0.4, -0.2) is 42.2 Å². The van der Waals surface area contributed by atoms with Crippen LogP contribution in [0, 0.1) is 15.9 Å². The molecule has 1 fully saturated rings. The number of carbonyl (C=O) groups excluding carboxylic acids is 1. The van der Waals surface area contributed by atoms with E-state index >= 15 is 0 Å². The lowest BCUT2D eigenvalue weighted by molar-refractivity contribution is -0.384. The molecule has 0 bridgehead atoms. The van der Waals surface area contributed by atoms with E-state index in [1.165, 1.54) is 30.3 Å². The molecule has 0 unspecified atom stereocenters. The first kappa shape index (κ1) is 19.6. The summed E-state index contributed by atoms with van der Waals surface area (Å²) in [6, 6.07) is 9.84. The molecule has 0 saturated carbocycles. The van der Waals surface area contributed by atoms with Crippen LogP contribution in [0.25, 0.3) is 0 Å². The normalized spacial score (nSPS) is 13.7. The second-order valence-corrected chi connectivity index (χ2v) is 6.39. The zero-order chi connectivity index (χ0) is 20.1. The van der Waals surface area contributed by atoms with Gasteiger partial charge in [-0.2, -0.15) is 0 Å². The van der Waals surface area contributed by atoms with Gasteiger partial charge in [-0.05, 0) is 42.5 Å². The third-order valence-electron chi connectivity index (χ3n) is 4.10. The average molecular weight is 404 g/mol. The minimum absolute atomic E-state index is 0.0458. The molecule has 10 heteroatoms. The molecular weight excluding hydrogens is 387 g/mol. The van der Waals surface area contributed by atoms with Gasteiger partial charge in [0.15, 0.2) is 5.11 Å². The van der Waals surface area contributed by atoms with Crippen molar-refractivity contribution in [3.8, 4) is 0 Å². The molecule has 28 heavy (non-hydrogen) atoms. The summed E-state index contributed by atoms with van der Waals surface area (Å²) in [6.45, 7) is 2.04. The Morgan fingerprint density at radius 1 is 1.21 bits per heavy atom. The third-order valence-corrected chi connectivity index (χ3v) is 4.30. The lowest BCUT2D eigenvalue weighted by Gasteiger charge is -2.28. The van der Waals surface area contributed by atoms with Gasteiger partial charge in [0.1, 0.15) is 11.5 Å². The first-order valence-electron chi connectivity index (χ1n) is 8.43. The molecule has 1 aliphatic rings. The van der Waals surface area contributed by atoms with Gasteiger partial charge < -0.3 is 15.0 Å². The van der Waals surface area contributed by atoms with E-state index in [4.69, 9.17) is 17.0 Å². The van der Waals surface area contributed by atoms with E-state index in [1.54, 1.807) is 12.1 Å². The Labute approximate surface area is 165 Å². The number of rotatable bonds is 4. The maximum Gasteiger partial charge on any atom is 0.293 e. The summed E-state index contributed by atoms with van der Waals surface area (Å²) >= 11 is 5.05. The Bertz CT molecular complexity index is 918. The van der Waals surface area contributed by atoms with E-state index in [0.717, 1.165) is 0 Å². The summed E-state index contributed by atoms with van der Waals surface area (Å²) in [7, 11) is 0. The molecule has 0 atom stereocenters. The van der Waals surface area contributed by atoms with Gasteiger partial charge in [0.05, 0.1) is 18.1 Å². The lowest BCUT2D eigenvalue weighted by atomic mass is 10.1. The molecule has 3 rings (SSSR count). The summed E-state index contributed by atoms with van der Waals surface area (Å²) in [6.07, 6.45) is 0. The first-order chi connectivity index (χ1) is 13.4. The quantitative estimate of drug-likeness (QED) is 0.459. The van der Waals surface area contributed by atoms with Crippen molar-refractivity contribution in [2.75, 3.05) is 36.5 Å². The average Bonchev–Trinajstić information content (AvgIpc) is 2.68. The van der Waals surface area contributed by atoms with Crippen LogP contribution < -0.4 is 15.5 Å². The van der Waals surface area contributed by atoms with Crippen molar-refractivity contribution >= 4 is 40.3 Å². The van der Waals surface area contributed by atoms with E-state index in [2.05, 4.69) is 10.6 Å². The maximum absolute atomic E-state index is 13.2. The zero-order valence-electron chi connectivity index (χ0n) is 14.7. The maximum atomic E-state index is 13.2. The van der Waals surface area contributed by atoms with Crippen LogP contribution in [0.15, 0.2) is 42.5 Å². The fourth-order valence-corrected chi connectivity index (χ4v) is 3.00. The van der Waals surface area contributed by atoms with Crippen LogP contribution in [-0.2, 0) is 4.74 Å². The van der Waals surface area contributed by atoms with Gasteiger partial charge in [0.25, 0.3) is 11.6 Å². The Morgan fingerprint density at radius 3 is 2.64 bits per heavy atom. The molecule has 1 saturated heterocycles. The number of hydrogen-bond acceptors (Lipinski definition) is 6. The van der Waals surface area contributed by atoms with Crippen molar-refractivity contribution in [2.45, 2.75) is 0 Å². The number of carbonyl (C=O) groups is 1. The molecule has 2 aromatic rings. The summed E-state index contributed by atoms with van der Waals surface area (Å²) in [5, 5.41) is 16.6. The molecule has 0 radical (unpaired) electrons. The molecule has 1 heterocycles. The molecule has 0 aliphatic carbocycles. The second kappa shape index (κ2) is 8.72. The molecule has 2 N–H and O–H groups in total. The number of nitro benzene ring substituents is 1. The zero-order valence-corrected chi connectivity index (χ0v) is 15.5. The van der Waals surface area contributed by atoms with Crippen LogP contribution in [0.2, 0.25) is 0 Å². The van der Waals surface area contributed by atoms with Crippen LogP contribution in [0.4, 0.5) is 21.5 Å². The largest absolute Gasteiger partial charge is 0.378 e. The van der Waals surface area contributed by atoms with E-state index in [1.807, 2.05) is 4.90 Å². The van der Waals surface area contributed by atoms with Gasteiger partial charge in [-0.25, -0.2) is 4.39 Å². The minimum Gasteiger partial charge on any atom is -0.378 e. The highest BCUT2D eigenvalue weighted by Crippen LogP contribution is 2.29. The van der Waals surface area contributed by atoms with E-state index in [9.17, 15) is 19.3 Å². The lowest BCUT2D eigenvalue weighted by Crippen LogP contribution is -2.37. The number of nitrogens with zero attached hydrogens (tertiary/aromatic N) is 2. The topological polar surface area (TPSA) is 96.7 Å². The predicted octanol–water partition coefficient (Wildman–Crippen LogP) is 2.70. The summed E-state index contributed by atoms with van der Waals surface area (Å²) < 4.78 is 18.5. The molecule has 1 aliphatic heterocycles. The fourth-order valence-electron chi connectivity index (χ4n) is 2.79. The summed E-state index contributed by atoms with van der Waals surface area (Å²) in [5.41, 5.74) is 0.731. The Kier molecular flexibility index (Phi) is 6.12. The number of nitro groups is 1. The summed E-state index contributed by atoms with van der Waals surface area (Å²) in [5.74, 6) is -1.06. The number of ether oxygens (including phenoxy) is 1. The number of benzene rings is 2. The van der Waals surface area contributed by atoms with Gasteiger partial charge >= 0.3 is 0 Å². The van der Waals surface area contributed by atoms with E-state index in [0.29, 0.717) is 37.7 Å².